The lowest BCUT2D eigenvalue weighted by atomic mass is 10.0. The molecule has 0 aliphatic rings. The Morgan fingerprint density at radius 2 is 1.38 bits per heavy atom. The Morgan fingerprint density at radius 3 is 1.81 bits per heavy atom. The summed E-state index contributed by atoms with van der Waals surface area (Å²) in [5.41, 5.74) is 7.18. The van der Waals surface area contributed by atoms with Crippen LogP contribution in [0, 0.1) is 14.1 Å². The highest BCUT2D eigenvalue weighted by atomic mass is 127. The molecule has 2 amide bonds. The number of hydrogen-bond acceptors (Lipinski definition) is 7. The van der Waals surface area contributed by atoms with Crippen LogP contribution in [0.25, 0.3) is 0 Å². The summed E-state index contributed by atoms with van der Waals surface area (Å²) in [4.78, 5) is 25.0. The Morgan fingerprint density at radius 1 is 0.962 bits per heavy atom. The smallest absolute Gasteiger partial charge is 0.253 e. The maximum Gasteiger partial charge on any atom is 0.253 e. The van der Waals surface area contributed by atoms with Crippen LogP contribution < -0.4 is 16.4 Å². The molecule has 0 saturated carbocycles. The summed E-state index contributed by atoms with van der Waals surface area (Å²) in [6, 6.07) is 0. The minimum absolute atomic E-state index is 0.152. The number of amides is 2. The van der Waals surface area contributed by atoms with Crippen molar-refractivity contribution in [2.45, 2.75) is 19.1 Å². The lowest BCUT2D eigenvalue weighted by molar-refractivity contribution is 0.0798. The van der Waals surface area contributed by atoms with Crippen LogP contribution in [0.15, 0.2) is 0 Å². The monoisotopic (exact) mass is 593 g/mol. The predicted octanol–water partition coefficient (Wildman–Crippen LogP) is -1.05. The first-order valence-corrected chi connectivity index (χ1v) is 9.72. The maximum atomic E-state index is 12.5. The van der Waals surface area contributed by atoms with E-state index in [9.17, 15) is 19.8 Å². The van der Waals surface area contributed by atoms with E-state index in [0.29, 0.717) is 12.7 Å². The second kappa shape index (κ2) is 10.6. The van der Waals surface area contributed by atoms with Crippen LogP contribution in [0.5, 0.6) is 0 Å². The van der Waals surface area contributed by atoms with Crippen LogP contribution in [0.3, 0.4) is 0 Å². The molecule has 0 radical (unpaired) electrons. The van der Waals surface area contributed by atoms with Gasteiger partial charge in [-0.2, -0.15) is 0 Å². The molecular weight excluding hydrogens is 572 g/mol. The zero-order chi connectivity index (χ0) is 20.0. The average Bonchev–Trinajstić information content (AvgIpc) is 2.62. The fourth-order valence-electron chi connectivity index (χ4n) is 2.02. The summed E-state index contributed by atoms with van der Waals surface area (Å²) in [5.74, 6) is -1.07. The first kappa shape index (κ1) is 23.3. The van der Waals surface area contributed by atoms with Crippen molar-refractivity contribution >= 4 is 62.7 Å². The third kappa shape index (κ3) is 5.63. The van der Waals surface area contributed by atoms with Crippen molar-refractivity contribution in [3.05, 3.63) is 23.8 Å². The standard InChI is InChI=1S/C15H21I2N3O6/c1-6-9(14(25)19-2-7(23)4-21)11(16)10(12(17)13(6)18)15(26)20-3-8(24)5-22/h7-8,21-24H,2-5,18H2,1H3,(H,19,25)(H,20,26). The third-order valence-electron chi connectivity index (χ3n) is 3.55. The van der Waals surface area contributed by atoms with Crippen molar-refractivity contribution in [2.24, 2.45) is 0 Å². The van der Waals surface area contributed by atoms with E-state index in [4.69, 9.17) is 15.9 Å². The average molecular weight is 593 g/mol. The van der Waals surface area contributed by atoms with Crippen LogP contribution in [-0.2, 0) is 0 Å². The maximum absolute atomic E-state index is 12.5. The lowest BCUT2D eigenvalue weighted by Gasteiger charge is -2.19. The van der Waals surface area contributed by atoms with Gasteiger partial charge in [-0.25, -0.2) is 0 Å². The van der Waals surface area contributed by atoms with Gasteiger partial charge in [-0.3, -0.25) is 9.59 Å². The van der Waals surface area contributed by atoms with E-state index in [-0.39, 0.29) is 29.9 Å². The molecule has 2 atom stereocenters. The quantitative estimate of drug-likeness (QED) is 0.149. The number of aliphatic hydroxyl groups excluding tert-OH is 4. The number of carbonyl (C=O) groups excluding carboxylic acids is 2. The van der Waals surface area contributed by atoms with E-state index in [1.54, 1.807) is 6.92 Å². The molecule has 2 unspecified atom stereocenters. The first-order chi connectivity index (χ1) is 12.1. The van der Waals surface area contributed by atoms with Crippen LogP contribution in [-0.4, -0.2) is 70.8 Å². The van der Waals surface area contributed by atoms with Gasteiger partial charge in [-0.1, -0.05) is 0 Å². The molecule has 0 bridgehead atoms. The molecule has 11 heteroatoms. The number of aliphatic hydroxyl groups is 4. The molecule has 1 rings (SSSR count). The van der Waals surface area contributed by atoms with Crippen LogP contribution in [0.1, 0.15) is 26.3 Å². The number of benzene rings is 1. The highest BCUT2D eigenvalue weighted by Crippen LogP contribution is 2.32. The molecule has 0 aliphatic heterocycles. The summed E-state index contributed by atoms with van der Waals surface area (Å²) in [7, 11) is 0. The summed E-state index contributed by atoms with van der Waals surface area (Å²) < 4.78 is 0.832. The summed E-state index contributed by atoms with van der Waals surface area (Å²) in [6.45, 7) is 0.353. The van der Waals surface area contributed by atoms with E-state index < -0.39 is 37.2 Å². The molecule has 1 aromatic rings. The molecule has 8 N–H and O–H groups in total. The fraction of sp³-hybridized carbons (Fsp3) is 0.467. The number of rotatable bonds is 8. The largest absolute Gasteiger partial charge is 0.398 e. The molecule has 0 heterocycles. The summed E-state index contributed by atoms with van der Waals surface area (Å²) >= 11 is 3.77. The topological polar surface area (TPSA) is 165 Å². The predicted molar refractivity (Wildman–Crippen MR) is 112 cm³/mol. The van der Waals surface area contributed by atoms with Gasteiger partial charge in [0.25, 0.3) is 11.8 Å². The van der Waals surface area contributed by atoms with Crippen LogP contribution in [0.2, 0.25) is 0 Å². The number of carbonyl (C=O) groups is 2. The molecule has 1 aromatic carbocycles. The molecule has 146 valence electrons. The van der Waals surface area contributed by atoms with Gasteiger partial charge in [-0.05, 0) is 57.7 Å². The number of nitrogens with two attached hydrogens (primary N) is 1. The number of anilines is 1. The molecule has 9 nitrogen and oxygen atoms in total. The van der Waals surface area contributed by atoms with Gasteiger partial charge in [-0.15, -0.1) is 0 Å². The number of nitrogen functional groups attached to an aromatic ring is 1. The summed E-state index contributed by atoms with van der Waals surface area (Å²) in [6.07, 6.45) is -2.19. The first-order valence-electron chi connectivity index (χ1n) is 7.56. The van der Waals surface area contributed by atoms with Crippen molar-refractivity contribution < 1.29 is 30.0 Å². The van der Waals surface area contributed by atoms with Gasteiger partial charge in [0.1, 0.15) is 0 Å². The number of halogens is 2. The van der Waals surface area contributed by atoms with Crippen LogP contribution in [0.4, 0.5) is 5.69 Å². The number of hydrogen-bond donors (Lipinski definition) is 7. The zero-order valence-corrected chi connectivity index (χ0v) is 18.2. The Bertz CT molecular complexity index is 633. The highest BCUT2D eigenvalue weighted by Gasteiger charge is 2.26. The van der Waals surface area contributed by atoms with Crippen molar-refractivity contribution in [1.29, 1.82) is 0 Å². The Kier molecular flexibility index (Phi) is 9.46. The molecule has 26 heavy (non-hydrogen) atoms. The number of nitrogens with one attached hydrogen (secondary N) is 2. The SMILES string of the molecule is Cc1c(N)c(I)c(C(=O)NCC(O)CO)c(I)c1C(=O)NCC(O)CO. The Hall–Kier alpha value is -0.740. The van der Waals surface area contributed by atoms with E-state index >= 15 is 0 Å². The highest BCUT2D eigenvalue weighted by molar-refractivity contribution is 14.1. The van der Waals surface area contributed by atoms with Gasteiger partial charge in [0, 0.05) is 22.3 Å². The third-order valence-corrected chi connectivity index (χ3v) is 5.75. The van der Waals surface area contributed by atoms with Crippen molar-refractivity contribution in [2.75, 3.05) is 32.0 Å². The van der Waals surface area contributed by atoms with Gasteiger partial charge in [0.05, 0.1) is 40.1 Å². The van der Waals surface area contributed by atoms with Crippen molar-refractivity contribution in [3.8, 4) is 0 Å². The van der Waals surface area contributed by atoms with E-state index in [1.165, 1.54) is 0 Å². The molecule has 0 aliphatic carbocycles. The van der Waals surface area contributed by atoms with E-state index in [1.807, 2.05) is 45.2 Å². The van der Waals surface area contributed by atoms with Gasteiger partial charge >= 0.3 is 0 Å². The minimum atomic E-state index is -1.10. The summed E-state index contributed by atoms with van der Waals surface area (Å²) in [5, 5.41) is 41.4. The van der Waals surface area contributed by atoms with Gasteiger partial charge in [0.2, 0.25) is 0 Å². The Balaban J connectivity index is 3.22. The molecule has 0 fully saturated rings. The Labute approximate surface area is 177 Å². The second-order valence-electron chi connectivity index (χ2n) is 5.51. The van der Waals surface area contributed by atoms with Gasteiger partial charge in [0.15, 0.2) is 0 Å². The van der Waals surface area contributed by atoms with E-state index in [2.05, 4.69) is 10.6 Å². The van der Waals surface area contributed by atoms with Crippen molar-refractivity contribution in [1.82, 2.24) is 10.6 Å². The molecular formula is C15H21I2N3O6. The molecule has 0 aromatic heterocycles. The zero-order valence-electron chi connectivity index (χ0n) is 13.9. The van der Waals surface area contributed by atoms with Crippen molar-refractivity contribution in [3.63, 3.8) is 0 Å². The second-order valence-corrected chi connectivity index (χ2v) is 7.67. The van der Waals surface area contributed by atoms with Gasteiger partial charge < -0.3 is 36.8 Å². The van der Waals surface area contributed by atoms with Crippen LogP contribution >= 0.6 is 45.2 Å². The minimum Gasteiger partial charge on any atom is -0.398 e. The molecule has 0 spiro atoms. The molecule has 0 saturated heterocycles. The lowest BCUT2D eigenvalue weighted by Crippen LogP contribution is -2.37. The fourth-order valence-corrected chi connectivity index (χ4v) is 4.62. The van der Waals surface area contributed by atoms with E-state index in [0.717, 1.165) is 0 Å². The normalized spacial score (nSPS) is 13.2.